The Bertz CT molecular complexity index is 1430. The standard InChI is InChI=1S/C22H16FN3O3S/c1-12-6-5-7-13(10-12)26-19-18(20(27)25-22(26)30)15(21(28)29-2)11-17(24-19)14-8-3-4-9-16(14)23/h3-11H,1-2H3,(H,25,27,30). The number of carbonyl (C=O) groups is 1. The third-order valence-electron chi connectivity index (χ3n) is 4.68. The smallest absolute Gasteiger partial charge is 0.338 e. The molecule has 4 aromatic rings. The second-order valence-electron chi connectivity index (χ2n) is 6.66. The van der Waals surface area contributed by atoms with Gasteiger partial charge in [-0.2, -0.15) is 0 Å². The molecule has 0 unspecified atom stereocenters. The highest BCUT2D eigenvalue weighted by atomic mass is 32.1. The molecule has 2 heterocycles. The summed E-state index contributed by atoms with van der Waals surface area (Å²) < 4.78 is 21.0. The average Bonchev–Trinajstić information content (AvgIpc) is 2.72. The minimum atomic E-state index is -0.738. The van der Waals surface area contributed by atoms with Gasteiger partial charge < -0.3 is 4.74 Å². The SMILES string of the molecule is COC(=O)c1cc(-c2ccccc2F)nc2c1c(=O)[nH]c(=S)n2-c1cccc(C)c1. The number of fused-ring (bicyclic) bond motifs is 1. The number of aromatic amines is 1. The van der Waals surface area contributed by atoms with Gasteiger partial charge in [0.05, 0.1) is 29.4 Å². The fourth-order valence-electron chi connectivity index (χ4n) is 3.31. The van der Waals surface area contributed by atoms with E-state index in [9.17, 15) is 14.0 Å². The predicted octanol–water partition coefficient (Wildman–Crippen LogP) is 4.34. The van der Waals surface area contributed by atoms with Crippen molar-refractivity contribution in [3.8, 4) is 16.9 Å². The number of nitrogens with zero attached hydrogens (tertiary/aromatic N) is 2. The number of H-pyrrole nitrogens is 1. The molecule has 0 spiro atoms. The number of aromatic nitrogens is 3. The van der Waals surface area contributed by atoms with Crippen molar-refractivity contribution in [2.75, 3.05) is 7.11 Å². The monoisotopic (exact) mass is 421 g/mol. The van der Waals surface area contributed by atoms with Crippen LogP contribution in [0.25, 0.3) is 28.0 Å². The molecule has 0 aliphatic rings. The Labute approximate surface area is 175 Å². The van der Waals surface area contributed by atoms with Crippen molar-refractivity contribution in [1.82, 2.24) is 14.5 Å². The van der Waals surface area contributed by atoms with Crippen LogP contribution in [0.3, 0.4) is 0 Å². The summed E-state index contributed by atoms with van der Waals surface area (Å²) in [6.07, 6.45) is 0. The summed E-state index contributed by atoms with van der Waals surface area (Å²) in [6.45, 7) is 1.92. The molecule has 2 aromatic heterocycles. The van der Waals surface area contributed by atoms with Gasteiger partial charge in [-0.1, -0.05) is 24.3 Å². The molecule has 1 N–H and O–H groups in total. The summed E-state index contributed by atoms with van der Waals surface area (Å²) >= 11 is 5.39. The van der Waals surface area contributed by atoms with Gasteiger partial charge in [0.15, 0.2) is 10.4 Å². The highest BCUT2D eigenvalue weighted by molar-refractivity contribution is 7.71. The van der Waals surface area contributed by atoms with Crippen molar-refractivity contribution in [3.63, 3.8) is 0 Å². The number of carbonyl (C=O) groups excluding carboxylic acids is 1. The zero-order valence-electron chi connectivity index (χ0n) is 16.1. The minimum absolute atomic E-state index is 0.0112. The normalized spacial score (nSPS) is 10.9. The first-order valence-electron chi connectivity index (χ1n) is 9.01. The van der Waals surface area contributed by atoms with E-state index < -0.39 is 17.3 Å². The number of pyridine rings is 1. The molecule has 6 nitrogen and oxygen atoms in total. The number of hydrogen-bond acceptors (Lipinski definition) is 5. The van der Waals surface area contributed by atoms with Gasteiger partial charge >= 0.3 is 5.97 Å². The summed E-state index contributed by atoms with van der Waals surface area (Å²) in [6, 6.07) is 14.8. The van der Waals surface area contributed by atoms with E-state index in [-0.39, 0.29) is 32.6 Å². The van der Waals surface area contributed by atoms with Crippen molar-refractivity contribution < 1.29 is 13.9 Å². The number of methoxy groups -OCH3 is 1. The first kappa shape index (κ1) is 19.7. The van der Waals surface area contributed by atoms with Gasteiger partial charge in [-0.3, -0.25) is 14.3 Å². The lowest BCUT2D eigenvalue weighted by atomic mass is 10.1. The Morgan fingerprint density at radius 3 is 2.63 bits per heavy atom. The van der Waals surface area contributed by atoms with Gasteiger partial charge in [-0.15, -0.1) is 0 Å². The second kappa shape index (κ2) is 7.64. The lowest BCUT2D eigenvalue weighted by Crippen LogP contribution is -2.19. The van der Waals surface area contributed by atoms with E-state index in [0.29, 0.717) is 5.69 Å². The lowest BCUT2D eigenvalue weighted by Gasteiger charge is -2.14. The van der Waals surface area contributed by atoms with E-state index in [4.69, 9.17) is 17.0 Å². The molecule has 150 valence electrons. The summed E-state index contributed by atoms with van der Waals surface area (Å²) in [5.41, 5.74) is 1.51. The van der Waals surface area contributed by atoms with Crippen LogP contribution in [0.2, 0.25) is 0 Å². The maximum absolute atomic E-state index is 14.5. The summed E-state index contributed by atoms with van der Waals surface area (Å²) in [7, 11) is 1.21. The Kier molecular flexibility index (Phi) is 5.01. The van der Waals surface area contributed by atoms with Crippen LogP contribution in [-0.2, 0) is 4.74 Å². The number of hydrogen-bond donors (Lipinski definition) is 1. The Morgan fingerprint density at radius 1 is 1.17 bits per heavy atom. The highest BCUT2D eigenvalue weighted by Crippen LogP contribution is 2.27. The van der Waals surface area contributed by atoms with Crippen molar-refractivity contribution in [2.45, 2.75) is 6.92 Å². The fraction of sp³-hybridized carbons (Fsp3) is 0.0909. The number of ether oxygens (including phenoxy) is 1. The van der Waals surface area contributed by atoms with Crippen molar-refractivity contribution in [3.05, 3.63) is 86.7 Å². The molecule has 30 heavy (non-hydrogen) atoms. The van der Waals surface area contributed by atoms with E-state index >= 15 is 0 Å². The Balaban J connectivity index is 2.20. The molecule has 0 radical (unpaired) electrons. The van der Waals surface area contributed by atoms with Gasteiger partial charge in [0.2, 0.25) is 0 Å². The molecule has 0 atom stereocenters. The van der Waals surface area contributed by atoms with Crippen molar-refractivity contribution >= 4 is 29.2 Å². The number of halogens is 1. The maximum Gasteiger partial charge on any atom is 0.338 e. The first-order valence-corrected chi connectivity index (χ1v) is 9.42. The van der Waals surface area contributed by atoms with Crippen LogP contribution in [0.1, 0.15) is 15.9 Å². The van der Waals surface area contributed by atoms with Crippen LogP contribution in [0.5, 0.6) is 0 Å². The molecule has 0 amide bonds. The largest absolute Gasteiger partial charge is 0.465 e. The van der Waals surface area contributed by atoms with Crippen LogP contribution in [0, 0.1) is 17.5 Å². The van der Waals surface area contributed by atoms with Crippen LogP contribution in [0.15, 0.2) is 59.4 Å². The molecular formula is C22H16FN3O3S. The molecule has 0 bridgehead atoms. The zero-order valence-corrected chi connectivity index (χ0v) is 16.9. The van der Waals surface area contributed by atoms with Gasteiger partial charge in [0, 0.05) is 5.56 Å². The molecule has 4 rings (SSSR count). The van der Waals surface area contributed by atoms with E-state index in [1.54, 1.807) is 28.8 Å². The second-order valence-corrected chi connectivity index (χ2v) is 7.05. The Morgan fingerprint density at radius 2 is 1.93 bits per heavy atom. The maximum atomic E-state index is 14.5. The van der Waals surface area contributed by atoms with Crippen molar-refractivity contribution in [2.24, 2.45) is 0 Å². The van der Waals surface area contributed by atoms with E-state index in [1.165, 1.54) is 19.2 Å². The number of esters is 1. The third-order valence-corrected chi connectivity index (χ3v) is 4.96. The molecule has 0 fully saturated rings. The van der Waals surface area contributed by atoms with E-state index in [0.717, 1.165) is 5.56 Å². The highest BCUT2D eigenvalue weighted by Gasteiger charge is 2.21. The number of rotatable bonds is 3. The predicted molar refractivity (Wildman–Crippen MR) is 114 cm³/mol. The lowest BCUT2D eigenvalue weighted by molar-refractivity contribution is 0.0603. The molecule has 0 saturated carbocycles. The molecule has 2 aromatic carbocycles. The van der Waals surface area contributed by atoms with Gasteiger partial charge in [-0.25, -0.2) is 14.2 Å². The van der Waals surface area contributed by atoms with Crippen LogP contribution < -0.4 is 5.56 Å². The molecule has 0 saturated heterocycles. The average molecular weight is 421 g/mol. The van der Waals surface area contributed by atoms with Gasteiger partial charge in [-0.05, 0) is 55.0 Å². The Hall–Kier alpha value is -3.65. The molecule has 8 heteroatoms. The number of benzene rings is 2. The van der Waals surface area contributed by atoms with Crippen molar-refractivity contribution in [1.29, 1.82) is 0 Å². The first-order chi connectivity index (χ1) is 14.4. The van der Waals surface area contributed by atoms with Crippen LogP contribution in [-0.4, -0.2) is 27.6 Å². The van der Waals surface area contributed by atoms with Crippen LogP contribution in [0.4, 0.5) is 4.39 Å². The zero-order chi connectivity index (χ0) is 21.4. The minimum Gasteiger partial charge on any atom is -0.465 e. The third kappa shape index (κ3) is 3.31. The summed E-state index contributed by atoms with van der Waals surface area (Å²) in [4.78, 5) is 32.4. The quantitative estimate of drug-likeness (QED) is 0.393. The topological polar surface area (TPSA) is 77.0 Å². The summed E-state index contributed by atoms with van der Waals surface area (Å²) in [5, 5.41) is 0.0112. The van der Waals surface area contributed by atoms with Gasteiger partial charge in [0.1, 0.15) is 5.82 Å². The van der Waals surface area contributed by atoms with Gasteiger partial charge in [0.25, 0.3) is 5.56 Å². The molecule has 0 aliphatic carbocycles. The number of aryl methyl sites for hydroxylation is 1. The summed E-state index contributed by atoms with van der Waals surface area (Å²) in [5.74, 6) is -1.25. The number of nitrogens with one attached hydrogen (secondary N) is 1. The van der Waals surface area contributed by atoms with E-state index in [2.05, 4.69) is 9.97 Å². The van der Waals surface area contributed by atoms with E-state index in [1.807, 2.05) is 25.1 Å². The molecular weight excluding hydrogens is 405 g/mol. The molecule has 0 aliphatic heterocycles. The van der Waals surface area contributed by atoms with Crippen LogP contribution >= 0.6 is 12.2 Å². The fourth-order valence-corrected chi connectivity index (χ4v) is 3.60.